The number of aromatic nitrogens is 3. The number of halogens is 1. The fourth-order valence-electron chi connectivity index (χ4n) is 6.82. The first-order chi connectivity index (χ1) is 19.5. The molecule has 3 aliphatic rings. The molecule has 0 spiro atoms. The summed E-state index contributed by atoms with van der Waals surface area (Å²) in [6, 6.07) is 8.88. The van der Waals surface area contributed by atoms with Gasteiger partial charge in [0.15, 0.2) is 5.78 Å². The zero-order valence-corrected chi connectivity index (χ0v) is 22.7. The minimum atomic E-state index is -0.333. The van der Waals surface area contributed by atoms with Gasteiger partial charge >= 0.3 is 6.03 Å². The van der Waals surface area contributed by atoms with Gasteiger partial charge in [-0.3, -0.25) is 9.20 Å². The van der Waals surface area contributed by atoms with Gasteiger partial charge in [0.05, 0.1) is 17.4 Å². The number of carbonyl (C=O) groups excluding carboxylic acids is 2. The average molecular weight is 541 g/mol. The third-order valence-electron chi connectivity index (χ3n) is 8.76. The van der Waals surface area contributed by atoms with Crippen LogP contribution in [-0.4, -0.2) is 68.8 Å². The standard InChI is InChI=1S/C31H33FN6O2/c1-35(17-20-7-9-33-10-8-20)31(40)37-13-12-36-19-25(24-15-22(32)14-21(18-37)30(24)36)23-5-6-27(39)29(23)26-16-34-28-4-2-3-11-38(26)28/h2-4,11,14-16,19-20,33H,5-10,12-13,17-18H2,1H3. The second-order valence-corrected chi connectivity index (χ2v) is 11.3. The zero-order valence-electron chi connectivity index (χ0n) is 22.7. The maximum atomic E-state index is 15.1. The van der Waals surface area contributed by atoms with Crippen molar-refractivity contribution >= 4 is 39.5 Å². The van der Waals surface area contributed by atoms with E-state index in [0.717, 1.165) is 71.4 Å². The van der Waals surface area contributed by atoms with Gasteiger partial charge in [-0.25, -0.2) is 14.2 Å². The molecule has 206 valence electrons. The van der Waals surface area contributed by atoms with E-state index in [4.69, 9.17) is 0 Å². The Balaban J connectivity index is 1.26. The van der Waals surface area contributed by atoms with Gasteiger partial charge in [-0.15, -0.1) is 0 Å². The van der Waals surface area contributed by atoms with Crippen LogP contribution in [-0.2, 0) is 17.9 Å². The minimum absolute atomic E-state index is 0.0130. The molecule has 1 N–H and O–H groups in total. The number of allylic oxidation sites excluding steroid dienone is 2. The Labute approximate surface area is 232 Å². The van der Waals surface area contributed by atoms with Crippen molar-refractivity contribution in [2.75, 3.05) is 33.2 Å². The Morgan fingerprint density at radius 2 is 2.02 bits per heavy atom. The predicted molar refractivity (Wildman–Crippen MR) is 152 cm³/mol. The van der Waals surface area contributed by atoms with E-state index in [1.807, 2.05) is 45.6 Å². The van der Waals surface area contributed by atoms with Crippen LogP contribution in [0.4, 0.5) is 9.18 Å². The Bertz CT molecular complexity index is 1680. The Morgan fingerprint density at radius 3 is 2.88 bits per heavy atom. The molecule has 4 aromatic rings. The van der Waals surface area contributed by atoms with Gasteiger partial charge in [-0.1, -0.05) is 6.07 Å². The van der Waals surface area contributed by atoms with Crippen LogP contribution in [0.1, 0.15) is 42.5 Å². The summed E-state index contributed by atoms with van der Waals surface area (Å²) in [6.45, 7) is 4.22. The van der Waals surface area contributed by atoms with E-state index in [2.05, 4.69) is 21.1 Å². The second-order valence-electron chi connectivity index (χ2n) is 11.3. The highest BCUT2D eigenvalue weighted by Gasteiger charge is 2.31. The highest BCUT2D eigenvalue weighted by molar-refractivity contribution is 6.31. The van der Waals surface area contributed by atoms with Crippen molar-refractivity contribution in [2.24, 2.45) is 5.92 Å². The molecule has 0 unspecified atom stereocenters. The van der Waals surface area contributed by atoms with E-state index in [1.54, 1.807) is 18.3 Å². The minimum Gasteiger partial charge on any atom is -0.345 e. The summed E-state index contributed by atoms with van der Waals surface area (Å²) in [5.74, 6) is 0.253. The van der Waals surface area contributed by atoms with E-state index in [-0.39, 0.29) is 17.6 Å². The summed E-state index contributed by atoms with van der Waals surface area (Å²) in [5, 5.41) is 4.17. The number of ketones is 1. The highest BCUT2D eigenvalue weighted by Crippen LogP contribution is 2.42. The van der Waals surface area contributed by atoms with E-state index >= 15 is 4.39 Å². The molecule has 0 bridgehead atoms. The largest absolute Gasteiger partial charge is 0.345 e. The fourth-order valence-corrected chi connectivity index (χ4v) is 6.82. The molecule has 0 saturated carbocycles. The van der Waals surface area contributed by atoms with E-state index < -0.39 is 0 Å². The second kappa shape index (κ2) is 9.89. The van der Waals surface area contributed by atoms with Crippen molar-refractivity contribution < 1.29 is 14.0 Å². The SMILES string of the molecule is CN(CC1CCNCC1)C(=O)N1CCn2cc(C3=C(c4cnc5ccccn45)C(=O)CC3)c3cc(F)cc(c32)C1. The number of carbonyl (C=O) groups is 2. The first kappa shape index (κ1) is 25.0. The third-order valence-corrected chi connectivity index (χ3v) is 8.76. The van der Waals surface area contributed by atoms with Crippen molar-refractivity contribution in [1.29, 1.82) is 0 Å². The van der Waals surface area contributed by atoms with Gasteiger partial charge in [0.25, 0.3) is 0 Å². The molecule has 0 radical (unpaired) electrons. The van der Waals surface area contributed by atoms with Gasteiger partial charge in [-0.05, 0) is 73.7 Å². The van der Waals surface area contributed by atoms with Gasteiger partial charge in [0, 0.05) is 68.6 Å². The first-order valence-electron chi connectivity index (χ1n) is 14.2. The number of rotatable bonds is 4. The first-order valence-corrected chi connectivity index (χ1v) is 14.2. The van der Waals surface area contributed by atoms with E-state index in [1.165, 1.54) is 0 Å². The molecule has 5 heterocycles. The number of imidazole rings is 1. The summed E-state index contributed by atoms with van der Waals surface area (Å²) in [4.78, 5) is 34.9. The van der Waals surface area contributed by atoms with Gasteiger partial charge in [0.2, 0.25) is 0 Å². The molecule has 2 aliphatic heterocycles. The number of pyridine rings is 1. The molecule has 3 aromatic heterocycles. The summed E-state index contributed by atoms with van der Waals surface area (Å²) < 4.78 is 19.2. The number of hydrogen-bond donors (Lipinski definition) is 1. The maximum Gasteiger partial charge on any atom is 0.320 e. The normalized spacial score (nSPS) is 18.2. The van der Waals surface area contributed by atoms with Crippen LogP contribution in [0.2, 0.25) is 0 Å². The number of Topliss-reactive ketones (excluding diaryl/α,β-unsaturated/α-hetero) is 1. The number of nitrogens with zero attached hydrogens (tertiary/aromatic N) is 5. The average Bonchev–Trinajstić information content (AvgIpc) is 3.61. The molecule has 1 aromatic carbocycles. The molecule has 7 rings (SSSR count). The molecule has 8 nitrogen and oxygen atoms in total. The monoisotopic (exact) mass is 540 g/mol. The number of urea groups is 1. The van der Waals surface area contributed by atoms with E-state index in [9.17, 15) is 9.59 Å². The lowest BCUT2D eigenvalue weighted by Gasteiger charge is -2.31. The lowest BCUT2D eigenvalue weighted by atomic mass is 9.98. The molecule has 1 aliphatic carbocycles. The molecule has 9 heteroatoms. The highest BCUT2D eigenvalue weighted by atomic mass is 19.1. The van der Waals surface area contributed by atoms with Crippen molar-refractivity contribution in [2.45, 2.75) is 38.8 Å². The number of piperidine rings is 1. The lowest BCUT2D eigenvalue weighted by Crippen LogP contribution is -2.44. The van der Waals surface area contributed by atoms with Gasteiger partial charge in [-0.2, -0.15) is 0 Å². The number of nitrogens with one attached hydrogen (secondary N) is 1. The third kappa shape index (κ3) is 4.20. The summed E-state index contributed by atoms with van der Waals surface area (Å²) in [5.41, 5.74) is 5.78. The molecular weight excluding hydrogens is 507 g/mol. The fraction of sp³-hybridized carbons (Fsp3) is 0.387. The van der Waals surface area contributed by atoms with Crippen molar-refractivity contribution in [1.82, 2.24) is 29.1 Å². The molecule has 0 atom stereocenters. The van der Waals surface area contributed by atoms with E-state index in [0.29, 0.717) is 44.0 Å². The Morgan fingerprint density at radius 1 is 1.18 bits per heavy atom. The molecule has 1 fully saturated rings. The Kier molecular flexibility index (Phi) is 6.19. The quantitative estimate of drug-likeness (QED) is 0.412. The van der Waals surface area contributed by atoms with Crippen LogP contribution < -0.4 is 5.32 Å². The van der Waals surface area contributed by atoms with Crippen LogP contribution >= 0.6 is 0 Å². The van der Waals surface area contributed by atoms with Crippen LogP contribution in [0.3, 0.4) is 0 Å². The predicted octanol–water partition coefficient (Wildman–Crippen LogP) is 4.57. The smallest absolute Gasteiger partial charge is 0.320 e. The summed E-state index contributed by atoms with van der Waals surface area (Å²) in [6.07, 6.45) is 8.90. The van der Waals surface area contributed by atoms with Gasteiger partial charge in [0.1, 0.15) is 11.5 Å². The summed E-state index contributed by atoms with van der Waals surface area (Å²) in [7, 11) is 1.88. The molecule has 2 amide bonds. The van der Waals surface area contributed by atoms with Crippen LogP contribution in [0.15, 0.2) is 48.9 Å². The van der Waals surface area contributed by atoms with Crippen molar-refractivity contribution in [3.8, 4) is 0 Å². The Hall–Kier alpha value is -3.98. The zero-order chi connectivity index (χ0) is 27.4. The number of fused-ring (bicyclic) bond motifs is 1. The van der Waals surface area contributed by atoms with Crippen LogP contribution in [0.5, 0.6) is 0 Å². The maximum absolute atomic E-state index is 15.1. The van der Waals surface area contributed by atoms with Crippen molar-refractivity contribution in [3.05, 3.63) is 71.6 Å². The van der Waals surface area contributed by atoms with Crippen LogP contribution in [0.25, 0.3) is 27.7 Å². The van der Waals surface area contributed by atoms with Gasteiger partial charge < -0.3 is 19.7 Å². The van der Waals surface area contributed by atoms with Crippen LogP contribution in [0, 0.1) is 11.7 Å². The summed E-state index contributed by atoms with van der Waals surface area (Å²) >= 11 is 0. The molecular formula is C31H33FN6O2. The topological polar surface area (TPSA) is 74.9 Å². The number of hydrogen-bond acceptors (Lipinski definition) is 4. The number of amides is 2. The molecule has 1 saturated heterocycles. The molecule has 40 heavy (non-hydrogen) atoms. The number of benzene rings is 1. The van der Waals surface area contributed by atoms with Crippen molar-refractivity contribution in [3.63, 3.8) is 0 Å². The lowest BCUT2D eigenvalue weighted by molar-refractivity contribution is -0.113.